The molecule has 3 rings (SSSR count). The van der Waals surface area contributed by atoms with Gasteiger partial charge < -0.3 is 23.8 Å². The second-order valence-corrected chi connectivity index (χ2v) is 6.00. The molecule has 5 heteroatoms. The summed E-state index contributed by atoms with van der Waals surface area (Å²) in [5.41, 5.74) is 1.10. The second-order valence-electron chi connectivity index (χ2n) is 6.00. The maximum atomic E-state index is 5.98. The summed E-state index contributed by atoms with van der Waals surface area (Å²) in [6.45, 7) is 0. The van der Waals surface area contributed by atoms with Gasteiger partial charge in [0.15, 0.2) is 6.23 Å². The molecule has 1 aromatic rings. The van der Waals surface area contributed by atoms with Gasteiger partial charge in [-0.2, -0.15) is 0 Å². The van der Waals surface area contributed by atoms with Crippen molar-refractivity contribution in [1.82, 2.24) is 0 Å². The summed E-state index contributed by atoms with van der Waals surface area (Å²) in [5, 5.41) is 0. The third kappa shape index (κ3) is 3.92. The van der Waals surface area contributed by atoms with E-state index in [9.17, 15) is 0 Å². The van der Waals surface area contributed by atoms with Crippen LogP contribution in [0.2, 0.25) is 0 Å². The molecule has 1 aromatic carbocycles. The normalized spacial score (nSPS) is 22.4. The molecule has 1 heterocycles. The molecule has 2 atom stereocenters. The zero-order valence-corrected chi connectivity index (χ0v) is 15.0. The summed E-state index contributed by atoms with van der Waals surface area (Å²) in [6, 6.07) is 8.30. The standard InChI is InChI=1S/C20H25NO4/c1-22-17-8-4-15(5-9-17)21(16-6-10-18(23-2)11-7-16)20-13-12-19(24-3)14-25-20/h4-6,8-11,14,16,20H,7,12-13H2,1-3H3. The molecular formula is C20H25NO4. The van der Waals surface area contributed by atoms with E-state index in [0.717, 1.165) is 42.2 Å². The summed E-state index contributed by atoms with van der Waals surface area (Å²) in [5.74, 6) is 2.62. The van der Waals surface area contributed by atoms with Crippen LogP contribution in [-0.4, -0.2) is 33.6 Å². The monoisotopic (exact) mass is 343 g/mol. The van der Waals surface area contributed by atoms with Crippen LogP contribution in [0.1, 0.15) is 19.3 Å². The van der Waals surface area contributed by atoms with Gasteiger partial charge in [-0.1, -0.05) is 6.08 Å². The van der Waals surface area contributed by atoms with Crippen molar-refractivity contribution in [3.8, 4) is 5.75 Å². The van der Waals surface area contributed by atoms with Crippen molar-refractivity contribution in [3.63, 3.8) is 0 Å². The lowest BCUT2D eigenvalue weighted by Crippen LogP contribution is -2.45. The molecule has 25 heavy (non-hydrogen) atoms. The first-order valence-electron chi connectivity index (χ1n) is 8.48. The Morgan fingerprint density at radius 2 is 1.84 bits per heavy atom. The minimum Gasteiger partial charge on any atom is -0.498 e. The van der Waals surface area contributed by atoms with E-state index in [0.29, 0.717) is 0 Å². The van der Waals surface area contributed by atoms with Crippen LogP contribution >= 0.6 is 0 Å². The molecule has 0 N–H and O–H groups in total. The SMILES string of the molecule is COC1=CCC(N(c2ccc(OC)cc2)C2CCC(OC)=CO2)C=C1. The van der Waals surface area contributed by atoms with Crippen molar-refractivity contribution in [1.29, 1.82) is 0 Å². The molecule has 2 aliphatic rings. The number of anilines is 1. The van der Waals surface area contributed by atoms with Gasteiger partial charge in [-0.05, 0) is 42.8 Å². The van der Waals surface area contributed by atoms with Crippen molar-refractivity contribution < 1.29 is 18.9 Å². The molecule has 0 radical (unpaired) electrons. The average molecular weight is 343 g/mol. The molecule has 1 aliphatic carbocycles. The highest BCUT2D eigenvalue weighted by molar-refractivity contribution is 5.52. The second kappa shape index (κ2) is 8.01. The van der Waals surface area contributed by atoms with E-state index in [4.69, 9.17) is 18.9 Å². The van der Waals surface area contributed by atoms with Gasteiger partial charge in [-0.25, -0.2) is 0 Å². The van der Waals surface area contributed by atoms with E-state index < -0.39 is 0 Å². The van der Waals surface area contributed by atoms with Crippen LogP contribution in [0.25, 0.3) is 0 Å². The van der Waals surface area contributed by atoms with Crippen molar-refractivity contribution in [2.75, 3.05) is 26.2 Å². The number of rotatable bonds is 6. The number of allylic oxidation sites excluding steroid dienone is 2. The molecule has 1 aliphatic heterocycles. The highest BCUT2D eigenvalue weighted by Crippen LogP contribution is 2.31. The van der Waals surface area contributed by atoms with Gasteiger partial charge >= 0.3 is 0 Å². The van der Waals surface area contributed by atoms with E-state index >= 15 is 0 Å². The van der Waals surface area contributed by atoms with Gasteiger partial charge in [-0.3, -0.25) is 0 Å². The molecule has 0 amide bonds. The van der Waals surface area contributed by atoms with Crippen molar-refractivity contribution in [3.05, 3.63) is 60.3 Å². The minimum absolute atomic E-state index is 0.0422. The molecule has 0 aromatic heterocycles. The fraction of sp³-hybridized carbons (Fsp3) is 0.400. The lowest BCUT2D eigenvalue weighted by molar-refractivity contribution is 0.0844. The number of nitrogens with zero attached hydrogens (tertiary/aromatic N) is 1. The van der Waals surface area contributed by atoms with Crippen LogP contribution in [0.4, 0.5) is 5.69 Å². The summed E-state index contributed by atoms with van der Waals surface area (Å²) in [7, 11) is 5.05. The van der Waals surface area contributed by atoms with Crippen LogP contribution in [0, 0.1) is 0 Å². The number of hydrogen-bond donors (Lipinski definition) is 0. The predicted octanol–water partition coefficient (Wildman–Crippen LogP) is 3.98. The maximum absolute atomic E-state index is 5.98. The first-order chi connectivity index (χ1) is 12.2. The zero-order valence-electron chi connectivity index (χ0n) is 15.0. The Bertz CT molecular complexity index is 663. The molecule has 0 saturated heterocycles. The van der Waals surface area contributed by atoms with Crippen molar-refractivity contribution >= 4 is 5.69 Å². The largest absolute Gasteiger partial charge is 0.498 e. The first kappa shape index (κ1) is 17.3. The summed E-state index contributed by atoms with van der Waals surface area (Å²) < 4.78 is 21.9. The lowest BCUT2D eigenvalue weighted by Gasteiger charge is -2.40. The van der Waals surface area contributed by atoms with Crippen LogP contribution in [0.3, 0.4) is 0 Å². The number of ether oxygens (including phenoxy) is 4. The Morgan fingerprint density at radius 1 is 1.04 bits per heavy atom. The van der Waals surface area contributed by atoms with Gasteiger partial charge in [0.1, 0.15) is 23.5 Å². The van der Waals surface area contributed by atoms with E-state index in [1.54, 1.807) is 27.6 Å². The minimum atomic E-state index is -0.0422. The Labute approximate surface area is 149 Å². The Balaban J connectivity index is 1.85. The smallest absolute Gasteiger partial charge is 0.172 e. The van der Waals surface area contributed by atoms with E-state index in [1.165, 1.54) is 0 Å². The van der Waals surface area contributed by atoms with Gasteiger partial charge in [-0.15, -0.1) is 0 Å². The number of benzene rings is 1. The lowest BCUT2D eigenvalue weighted by atomic mass is 10.0. The van der Waals surface area contributed by atoms with Crippen LogP contribution in [0.15, 0.2) is 60.3 Å². The number of methoxy groups -OCH3 is 3. The average Bonchev–Trinajstić information content (AvgIpc) is 2.70. The Hall–Kier alpha value is -2.56. The van der Waals surface area contributed by atoms with Crippen LogP contribution < -0.4 is 9.64 Å². The molecule has 134 valence electrons. The highest BCUT2D eigenvalue weighted by atomic mass is 16.5. The Kier molecular flexibility index (Phi) is 5.53. The molecule has 2 unspecified atom stereocenters. The van der Waals surface area contributed by atoms with E-state index in [1.807, 2.05) is 18.2 Å². The van der Waals surface area contributed by atoms with Crippen molar-refractivity contribution in [2.24, 2.45) is 0 Å². The summed E-state index contributed by atoms with van der Waals surface area (Å²) >= 11 is 0. The number of hydrogen-bond acceptors (Lipinski definition) is 5. The van der Waals surface area contributed by atoms with Gasteiger partial charge in [0.05, 0.1) is 27.4 Å². The van der Waals surface area contributed by atoms with Crippen LogP contribution in [-0.2, 0) is 14.2 Å². The third-order valence-corrected chi connectivity index (χ3v) is 4.57. The molecule has 0 fully saturated rings. The molecule has 5 nitrogen and oxygen atoms in total. The van der Waals surface area contributed by atoms with E-state index in [-0.39, 0.29) is 12.3 Å². The fourth-order valence-corrected chi connectivity index (χ4v) is 3.17. The summed E-state index contributed by atoms with van der Waals surface area (Å²) in [6.07, 6.45) is 10.6. The zero-order chi connectivity index (χ0) is 17.6. The molecule has 0 saturated carbocycles. The van der Waals surface area contributed by atoms with Crippen molar-refractivity contribution in [2.45, 2.75) is 31.5 Å². The van der Waals surface area contributed by atoms with Crippen LogP contribution in [0.5, 0.6) is 5.75 Å². The van der Waals surface area contributed by atoms with Gasteiger partial charge in [0, 0.05) is 18.5 Å². The molecule has 0 bridgehead atoms. The maximum Gasteiger partial charge on any atom is 0.172 e. The fourth-order valence-electron chi connectivity index (χ4n) is 3.17. The topological polar surface area (TPSA) is 40.2 Å². The van der Waals surface area contributed by atoms with E-state index in [2.05, 4.69) is 29.2 Å². The molecule has 0 spiro atoms. The van der Waals surface area contributed by atoms with Gasteiger partial charge in [0.2, 0.25) is 0 Å². The highest BCUT2D eigenvalue weighted by Gasteiger charge is 2.29. The Morgan fingerprint density at radius 3 is 2.36 bits per heavy atom. The van der Waals surface area contributed by atoms with Gasteiger partial charge in [0.25, 0.3) is 0 Å². The third-order valence-electron chi connectivity index (χ3n) is 4.57. The predicted molar refractivity (Wildman–Crippen MR) is 97.3 cm³/mol. The quantitative estimate of drug-likeness (QED) is 0.781. The first-order valence-corrected chi connectivity index (χ1v) is 8.48. The summed E-state index contributed by atoms with van der Waals surface area (Å²) in [4.78, 5) is 2.31. The molecular weight excluding hydrogens is 318 g/mol.